The minimum absolute atomic E-state index is 0. The molecule has 0 saturated heterocycles. The number of hydrogen-bond donors (Lipinski definition) is 0. The molecule has 0 unspecified atom stereocenters. The number of nitrogens with zero attached hydrogens (tertiary/aromatic N) is 2. The van der Waals surface area contributed by atoms with Gasteiger partial charge in [-0.25, -0.2) is 4.99 Å². The zero-order chi connectivity index (χ0) is 50.9. The third-order valence-corrected chi connectivity index (χ3v) is 15.2. The smallest absolute Gasteiger partial charge is 0.135 e. The Morgan fingerprint density at radius 3 is 0.958 bits per heavy atom. The molecule has 0 fully saturated rings. The molecule has 0 atom stereocenters. The van der Waals surface area contributed by atoms with E-state index in [0.717, 1.165) is 67.7 Å². The zero-order valence-electron chi connectivity index (χ0n) is 48.9. The Labute approximate surface area is 460 Å². The van der Waals surface area contributed by atoms with Crippen molar-refractivity contribution in [3.8, 4) is 11.8 Å². The third-order valence-electron chi connectivity index (χ3n) is 15.2. The Hall–Kier alpha value is -2.17. The van der Waals surface area contributed by atoms with E-state index in [9.17, 15) is 0 Å². The van der Waals surface area contributed by atoms with Gasteiger partial charge in [0.2, 0.25) is 0 Å². The van der Waals surface area contributed by atoms with Crippen LogP contribution in [-0.2, 0) is 42.2 Å². The van der Waals surface area contributed by atoms with Gasteiger partial charge in [-0.2, -0.15) is 0 Å². The first-order chi connectivity index (χ1) is 35.1. The summed E-state index contributed by atoms with van der Waals surface area (Å²) in [6, 6.07) is 14.1. The van der Waals surface area contributed by atoms with Gasteiger partial charge in [0.25, 0.3) is 0 Å². The molecule has 72 heavy (non-hydrogen) atoms. The van der Waals surface area contributed by atoms with Crippen LogP contribution < -0.4 is 0 Å². The van der Waals surface area contributed by atoms with Gasteiger partial charge in [0.1, 0.15) is 5.71 Å². The number of benzene rings is 2. The Kier molecular flexibility index (Phi) is 48.0. The van der Waals surface area contributed by atoms with Gasteiger partial charge >= 0.3 is 0 Å². The van der Waals surface area contributed by atoms with Crippen LogP contribution in [0.1, 0.15) is 340 Å². The average Bonchev–Trinajstić information content (AvgIpc) is 3.38. The van der Waals surface area contributed by atoms with Gasteiger partial charge in [0.15, 0.2) is 0 Å². The second-order valence-electron chi connectivity index (χ2n) is 22.1. The van der Waals surface area contributed by atoms with Crippen molar-refractivity contribution in [3.05, 3.63) is 58.7 Å². The number of aliphatic imine (C=N–C) groups is 2. The maximum Gasteiger partial charge on any atom is 0.135 e. The fourth-order valence-corrected chi connectivity index (χ4v) is 10.4. The van der Waals surface area contributed by atoms with E-state index in [4.69, 9.17) is 9.98 Å². The SMILES string of the molecule is CCCCCCCCCCCCCCCCCCCCCCC#CC(=N\c1ccc(CCCC)c(CCCC)c1)/C(CCCCCCCCCCCCCCC)=N/c1ccc(CCCC)c(CCCC)c1.[Ni]. The summed E-state index contributed by atoms with van der Waals surface area (Å²) in [7, 11) is 0. The fraction of sp³-hybridized carbons (Fsp3) is 0.768. The van der Waals surface area contributed by atoms with Crippen LogP contribution in [0.4, 0.5) is 11.4 Å². The summed E-state index contributed by atoms with van der Waals surface area (Å²) >= 11 is 0. The van der Waals surface area contributed by atoms with E-state index in [1.54, 1.807) is 0 Å². The summed E-state index contributed by atoms with van der Waals surface area (Å²) in [5.41, 5.74) is 10.1. The molecule has 0 aliphatic carbocycles. The molecule has 0 amide bonds. The first kappa shape index (κ1) is 67.8. The molecule has 0 aliphatic rings. The zero-order valence-corrected chi connectivity index (χ0v) is 49.9. The van der Waals surface area contributed by atoms with Crippen molar-refractivity contribution in [1.29, 1.82) is 0 Å². The molecule has 0 aromatic heterocycles. The maximum absolute atomic E-state index is 5.56. The summed E-state index contributed by atoms with van der Waals surface area (Å²) in [5, 5.41) is 0. The molecule has 414 valence electrons. The van der Waals surface area contributed by atoms with E-state index in [-0.39, 0.29) is 16.5 Å². The predicted octanol–water partition coefficient (Wildman–Crippen LogP) is 23.6. The predicted molar refractivity (Wildman–Crippen MR) is 322 cm³/mol. The fourth-order valence-electron chi connectivity index (χ4n) is 10.4. The van der Waals surface area contributed by atoms with Crippen LogP contribution in [0.2, 0.25) is 0 Å². The molecule has 2 rings (SSSR count). The molecule has 0 heterocycles. The first-order valence-electron chi connectivity index (χ1n) is 32.0. The van der Waals surface area contributed by atoms with Crippen LogP contribution in [0.5, 0.6) is 0 Å². The van der Waals surface area contributed by atoms with Crippen molar-refractivity contribution < 1.29 is 16.5 Å². The van der Waals surface area contributed by atoms with Gasteiger partial charge in [-0.15, -0.1) is 0 Å². The molecular formula is C69H118N2Ni. The molecule has 0 radical (unpaired) electrons. The van der Waals surface area contributed by atoms with Crippen molar-refractivity contribution in [2.75, 3.05) is 0 Å². The molecule has 0 saturated carbocycles. The van der Waals surface area contributed by atoms with Crippen LogP contribution in [0.3, 0.4) is 0 Å². The van der Waals surface area contributed by atoms with Crippen LogP contribution in [-0.4, -0.2) is 11.4 Å². The van der Waals surface area contributed by atoms with E-state index >= 15 is 0 Å². The van der Waals surface area contributed by atoms with Gasteiger partial charge in [-0.1, -0.05) is 284 Å². The van der Waals surface area contributed by atoms with E-state index in [1.165, 1.54) is 279 Å². The van der Waals surface area contributed by atoms with E-state index in [0.29, 0.717) is 0 Å². The summed E-state index contributed by atoms with van der Waals surface area (Å²) in [6.45, 7) is 13.9. The normalized spacial score (nSPS) is 11.8. The Morgan fingerprint density at radius 2 is 0.611 bits per heavy atom. The standard InChI is InChI=1S/C69H118N2.Ni/c1-7-13-19-21-23-25-27-29-30-31-32-33-34-35-36-37-39-41-43-45-47-49-55-69(71-67-59-57-63(51-16-10-4)65(61-67)53-18-12-6)68(54-48-46-44-42-40-38-28-26-24-22-20-14-8-2)70-66-58-56-62(50-15-9-3)64(60-66)52-17-11-5;/h56-61H,7-48,50-54H2,1-6H3;/b70-68+,71-69+;. The first-order valence-corrected chi connectivity index (χ1v) is 32.0. The van der Waals surface area contributed by atoms with Crippen molar-refractivity contribution >= 4 is 22.8 Å². The van der Waals surface area contributed by atoms with Crippen LogP contribution in [0.15, 0.2) is 46.4 Å². The van der Waals surface area contributed by atoms with Crippen LogP contribution in [0, 0.1) is 11.8 Å². The van der Waals surface area contributed by atoms with E-state index in [2.05, 4.69) is 89.8 Å². The monoisotopic (exact) mass is 1030 g/mol. The van der Waals surface area contributed by atoms with Crippen LogP contribution >= 0.6 is 0 Å². The molecule has 0 aliphatic heterocycles. The summed E-state index contributed by atoms with van der Waals surface area (Å²) in [4.78, 5) is 11.1. The Morgan fingerprint density at radius 1 is 0.319 bits per heavy atom. The molecule has 2 aromatic rings. The summed E-state index contributed by atoms with van der Waals surface area (Å²) in [6.07, 6.45) is 62.2. The Balaban J connectivity index is 0.0000259. The van der Waals surface area contributed by atoms with Gasteiger partial charge in [0.05, 0.1) is 17.1 Å². The van der Waals surface area contributed by atoms with Crippen molar-refractivity contribution in [1.82, 2.24) is 0 Å². The molecule has 2 nitrogen and oxygen atoms in total. The largest absolute Gasteiger partial charge is 0.251 e. The minimum atomic E-state index is 0. The number of unbranched alkanes of at least 4 members (excludes halogenated alkanes) is 36. The topological polar surface area (TPSA) is 24.7 Å². The second-order valence-corrected chi connectivity index (χ2v) is 22.1. The van der Waals surface area contributed by atoms with Crippen molar-refractivity contribution in [3.63, 3.8) is 0 Å². The van der Waals surface area contributed by atoms with Crippen molar-refractivity contribution in [2.24, 2.45) is 9.98 Å². The summed E-state index contributed by atoms with van der Waals surface area (Å²) in [5.74, 6) is 7.39. The summed E-state index contributed by atoms with van der Waals surface area (Å²) < 4.78 is 0. The average molecular weight is 1030 g/mol. The number of hydrogen-bond acceptors (Lipinski definition) is 2. The quantitative estimate of drug-likeness (QED) is 0.0273. The molecular weight excluding hydrogens is 915 g/mol. The van der Waals surface area contributed by atoms with Crippen LogP contribution in [0.25, 0.3) is 0 Å². The molecule has 3 heteroatoms. The van der Waals surface area contributed by atoms with E-state index < -0.39 is 0 Å². The van der Waals surface area contributed by atoms with Gasteiger partial charge in [0, 0.05) is 22.9 Å². The van der Waals surface area contributed by atoms with Gasteiger partial charge < -0.3 is 0 Å². The van der Waals surface area contributed by atoms with E-state index in [1.807, 2.05) is 0 Å². The van der Waals surface area contributed by atoms with Gasteiger partial charge in [-0.05, 0) is 123 Å². The van der Waals surface area contributed by atoms with Crippen molar-refractivity contribution in [2.45, 2.75) is 343 Å². The molecule has 2 aromatic carbocycles. The number of aryl methyl sites for hydroxylation is 4. The maximum atomic E-state index is 5.56. The minimum Gasteiger partial charge on any atom is -0.251 e. The third kappa shape index (κ3) is 36.7. The number of rotatable bonds is 49. The second kappa shape index (κ2) is 51.0. The Bertz CT molecular complexity index is 1640. The van der Waals surface area contributed by atoms with Gasteiger partial charge in [-0.3, -0.25) is 4.99 Å². The molecule has 0 spiro atoms. The molecule has 0 bridgehead atoms. The molecule has 0 N–H and O–H groups in total.